The molecule has 34 heavy (non-hydrogen) atoms. The lowest BCUT2D eigenvalue weighted by molar-refractivity contribution is 0.0564. The van der Waals surface area contributed by atoms with E-state index in [-0.39, 0.29) is 11.6 Å². The molecule has 1 N–H and O–H groups in total. The third-order valence-corrected chi connectivity index (χ3v) is 6.76. The molecule has 5 rings (SSSR count). The van der Waals surface area contributed by atoms with Gasteiger partial charge in [0.25, 0.3) is 0 Å². The molecule has 0 unspecified atom stereocenters. The molecule has 1 aliphatic heterocycles. The van der Waals surface area contributed by atoms with Gasteiger partial charge >= 0.3 is 0 Å². The fourth-order valence-corrected chi connectivity index (χ4v) is 4.78. The van der Waals surface area contributed by atoms with Crippen molar-refractivity contribution in [3.63, 3.8) is 0 Å². The van der Waals surface area contributed by atoms with E-state index in [1.165, 1.54) is 24.3 Å². The minimum absolute atomic E-state index is 0.357. The van der Waals surface area contributed by atoms with Crippen molar-refractivity contribution in [3.8, 4) is 0 Å². The Kier molecular flexibility index (Phi) is 6.26. The minimum Gasteiger partial charge on any atom is -0.380 e. The number of fused-ring (bicyclic) bond motifs is 1. The van der Waals surface area contributed by atoms with Crippen molar-refractivity contribution in [1.29, 1.82) is 0 Å². The fourth-order valence-electron chi connectivity index (χ4n) is 4.78. The van der Waals surface area contributed by atoms with Crippen LogP contribution in [0.5, 0.6) is 0 Å². The Morgan fingerprint density at radius 1 is 0.765 bits per heavy atom. The highest BCUT2D eigenvalue weighted by molar-refractivity contribution is 5.90. The number of hydrogen-bond acceptors (Lipinski definition) is 4. The van der Waals surface area contributed by atoms with Gasteiger partial charge in [0.15, 0.2) is 0 Å². The first kappa shape index (κ1) is 22.4. The zero-order valence-corrected chi connectivity index (χ0v) is 18.9. The van der Waals surface area contributed by atoms with Gasteiger partial charge in [0.2, 0.25) is 0 Å². The first-order valence-corrected chi connectivity index (χ1v) is 11.6. The van der Waals surface area contributed by atoms with Crippen LogP contribution < -0.4 is 4.90 Å². The lowest BCUT2D eigenvalue weighted by Crippen LogP contribution is -2.47. The first-order chi connectivity index (χ1) is 16.5. The molecule has 2 heterocycles. The van der Waals surface area contributed by atoms with Gasteiger partial charge in [-0.1, -0.05) is 42.5 Å². The highest BCUT2D eigenvalue weighted by Crippen LogP contribution is 2.34. The maximum absolute atomic E-state index is 13.5. The van der Waals surface area contributed by atoms with E-state index in [9.17, 15) is 13.9 Å². The molecule has 6 heteroatoms. The zero-order valence-electron chi connectivity index (χ0n) is 18.9. The van der Waals surface area contributed by atoms with Crippen molar-refractivity contribution < 1.29 is 13.9 Å². The average Bonchev–Trinajstić information content (AvgIpc) is 2.88. The van der Waals surface area contributed by atoms with Gasteiger partial charge < -0.3 is 10.0 Å². The molecule has 1 saturated heterocycles. The zero-order chi connectivity index (χ0) is 23.5. The largest absolute Gasteiger partial charge is 0.380 e. The van der Waals surface area contributed by atoms with E-state index in [2.05, 4.69) is 39.0 Å². The minimum atomic E-state index is -1.34. The van der Waals surface area contributed by atoms with Crippen LogP contribution in [0.3, 0.4) is 0 Å². The van der Waals surface area contributed by atoms with Crippen LogP contribution in [0.1, 0.15) is 17.5 Å². The molecule has 0 bridgehead atoms. The van der Waals surface area contributed by atoms with Crippen LogP contribution in [0.25, 0.3) is 10.9 Å². The monoisotopic (exact) mass is 459 g/mol. The molecule has 3 aromatic carbocycles. The summed E-state index contributed by atoms with van der Waals surface area (Å²) in [6, 6.07) is 22.1. The second-order valence-corrected chi connectivity index (χ2v) is 8.81. The smallest absolute Gasteiger partial charge is 0.123 e. The molecule has 4 aromatic rings. The van der Waals surface area contributed by atoms with E-state index in [4.69, 9.17) is 0 Å². The summed E-state index contributed by atoms with van der Waals surface area (Å²) >= 11 is 0. The Bertz CT molecular complexity index is 1200. The number of rotatable bonds is 6. The summed E-state index contributed by atoms with van der Waals surface area (Å²) in [7, 11) is 0. The number of para-hydroxylation sites is 1. The molecule has 1 aromatic heterocycles. The molecular weight excluding hydrogens is 432 g/mol. The van der Waals surface area contributed by atoms with Gasteiger partial charge in [-0.25, -0.2) is 8.78 Å². The number of aliphatic hydroxyl groups is 1. The first-order valence-electron chi connectivity index (χ1n) is 11.6. The quantitative estimate of drug-likeness (QED) is 0.442. The summed E-state index contributed by atoms with van der Waals surface area (Å²) in [5.74, 6) is -0.714. The topological polar surface area (TPSA) is 39.6 Å². The molecule has 4 nitrogen and oxygen atoms in total. The number of aromatic nitrogens is 1. The summed E-state index contributed by atoms with van der Waals surface area (Å²) < 4.78 is 27.1. The van der Waals surface area contributed by atoms with E-state index in [1.807, 2.05) is 12.3 Å². The predicted octanol–water partition coefficient (Wildman–Crippen LogP) is 4.96. The fraction of sp³-hybridized carbons (Fsp3) is 0.250. The number of nitrogens with zero attached hydrogens (tertiary/aromatic N) is 3. The second kappa shape index (κ2) is 9.49. The van der Waals surface area contributed by atoms with Gasteiger partial charge in [-0.3, -0.25) is 9.88 Å². The van der Waals surface area contributed by atoms with Crippen molar-refractivity contribution in [2.24, 2.45) is 0 Å². The molecule has 1 fully saturated rings. The van der Waals surface area contributed by atoms with Crippen molar-refractivity contribution in [3.05, 3.63) is 108 Å². The number of benzene rings is 3. The van der Waals surface area contributed by atoms with E-state index in [0.717, 1.165) is 42.8 Å². The average molecular weight is 460 g/mol. The molecule has 0 amide bonds. The number of piperazine rings is 1. The molecular formula is C28H27F2N3O. The van der Waals surface area contributed by atoms with Gasteiger partial charge in [-0.15, -0.1) is 0 Å². The third kappa shape index (κ3) is 4.52. The van der Waals surface area contributed by atoms with E-state index < -0.39 is 5.60 Å². The Hall–Kier alpha value is -3.35. The van der Waals surface area contributed by atoms with Crippen molar-refractivity contribution in [2.75, 3.05) is 37.6 Å². The Morgan fingerprint density at radius 3 is 1.97 bits per heavy atom. The predicted molar refractivity (Wildman–Crippen MR) is 131 cm³/mol. The Labute approximate surface area is 198 Å². The summed E-state index contributed by atoms with van der Waals surface area (Å²) in [6.07, 6.45) is 2.24. The van der Waals surface area contributed by atoms with Gasteiger partial charge in [0, 0.05) is 44.3 Å². The van der Waals surface area contributed by atoms with Crippen LogP contribution in [0.15, 0.2) is 85.1 Å². The molecule has 0 aliphatic carbocycles. The molecule has 1 aliphatic rings. The number of pyridine rings is 1. The van der Waals surface area contributed by atoms with Gasteiger partial charge in [-0.2, -0.15) is 0 Å². The summed E-state index contributed by atoms with van der Waals surface area (Å²) in [5, 5.41) is 12.9. The van der Waals surface area contributed by atoms with Crippen LogP contribution in [0.4, 0.5) is 14.5 Å². The lowest BCUT2D eigenvalue weighted by Gasteiger charge is -2.38. The van der Waals surface area contributed by atoms with Crippen LogP contribution in [0.2, 0.25) is 0 Å². The number of halogens is 2. The summed E-state index contributed by atoms with van der Waals surface area (Å²) in [4.78, 5) is 9.27. The lowest BCUT2D eigenvalue weighted by atomic mass is 9.83. The maximum atomic E-state index is 13.5. The van der Waals surface area contributed by atoms with Gasteiger partial charge in [0.1, 0.15) is 17.2 Å². The second-order valence-electron chi connectivity index (χ2n) is 8.81. The molecule has 0 saturated carbocycles. The highest BCUT2D eigenvalue weighted by atomic mass is 19.1. The van der Waals surface area contributed by atoms with Crippen LogP contribution >= 0.6 is 0 Å². The van der Waals surface area contributed by atoms with Crippen molar-refractivity contribution >= 4 is 16.6 Å². The number of hydrogen-bond donors (Lipinski definition) is 1. The van der Waals surface area contributed by atoms with Gasteiger partial charge in [-0.05, 0) is 53.9 Å². The SMILES string of the molecule is OC(CCN1CCN(c2cccc3cccnc23)CC1)(c1ccc(F)cc1)c1ccc(F)cc1. The van der Waals surface area contributed by atoms with Crippen molar-refractivity contribution in [1.82, 2.24) is 9.88 Å². The Morgan fingerprint density at radius 2 is 1.35 bits per heavy atom. The summed E-state index contributed by atoms with van der Waals surface area (Å²) in [6.45, 7) is 4.09. The van der Waals surface area contributed by atoms with E-state index >= 15 is 0 Å². The third-order valence-electron chi connectivity index (χ3n) is 6.76. The standard InChI is InChI=1S/C28H27F2N3O/c29-24-10-6-22(7-11-24)28(34,23-8-12-25(30)13-9-23)14-16-32-17-19-33(20-18-32)26-5-1-3-21-4-2-15-31-27(21)26/h1-13,15,34H,14,16-20H2. The van der Waals surface area contributed by atoms with Gasteiger partial charge in [0.05, 0.1) is 11.2 Å². The van der Waals surface area contributed by atoms with Crippen LogP contribution in [0, 0.1) is 11.6 Å². The maximum Gasteiger partial charge on any atom is 0.123 e. The molecule has 0 spiro atoms. The van der Waals surface area contributed by atoms with Crippen molar-refractivity contribution in [2.45, 2.75) is 12.0 Å². The number of anilines is 1. The van der Waals surface area contributed by atoms with Crippen LogP contribution in [-0.2, 0) is 5.60 Å². The normalized spacial score (nSPS) is 15.1. The summed E-state index contributed by atoms with van der Waals surface area (Å²) in [5.41, 5.74) is 2.02. The van der Waals surface area contributed by atoms with E-state index in [0.29, 0.717) is 24.1 Å². The molecule has 0 atom stereocenters. The van der Waals surface area contributed by atoms with E-state index in [1.54, 1.807) is 24.3 Å². The Balaban J connectivity index is 1.30. The molecule has 0 radical (unpaired) electrons. The van der Waals surface area contributed by atoms with Crippen LogP contribution in [-0.4, -0.2) is 47.7 Å². The highest BCUT2D eigenvalue weighted by Gasteiger charge is 2.32. The molecule has 174 valence electrons.